The molecule has 0 saturated heterocycles. The van der Waals surface area contributed by atoms with E-state index < -0.39 is 0 Å². The minimum atomic E-state index is -0.0348. The molecule has 0 radical (unpaired) electrons. The van der Waals surface area contributed by atoms with Gasteiger partial charge in [-0.1, -0.05) is 27.7 Å². The fourth-order valence-electron chi connectivity index (χ4n) is 4.03. The summed E-state index contributed by atoms with van der Waals surface area (Å²) in [5, 5.41) is 1.12. The van der Waals surface area contributed by atoms with Crippen LogP contribution in [0.25, 0.3) is 21.9 Å². The fraction of sp³-hybridized carbons (Fsp3) is 0.519. The summed E-state index contributed by atoms with van der Waals surface area (Å²) < 4.78 is 17.9. The van der Waals surface area contributed by atoms with E-state index in [4.69, 9.17) is 13.9 Å². The zero-order chi connectivity index (χ0) is 23.6. The highest BCUT2D eigenvalue weighted by Crippen LogP contribution is 2.25. The van der Waals surface area contributed by atoms with E-state index in [2.05, 4.69) is 37.5 Å². The Balaban J connectivity index is 1.68. The van der Waals surface area contributed by atoms with E-state index in [0.29, 0.717) is 46.7 Å². The predicted molar refractivity (Wildman–Crippen MR) is 136 cm³/mol. The fourth-order valence-corrected chi connectivity index (χ4v) is 4.03. The summed E-state index contributed by atoms with van der Waals surface area (Å²) in [7, 11) is 0. The molecule has 2 aromatic carbocycles. The summed E-state index contributed by atoms with van der Waals surface area (Å²) in [4.78, 5) is 17.7. The van der Waals surface area contributed by atoms with Crippen LogP contribution in [0.4, 0.5) is 0 Å². The average molecular weight is 455 g/mol. The van der Waals surface area contributed by atoms with Gasteiger partial charge in [0.15, 0.2) is 0 Å². The molecule has 0 aliphatic carbocycles. The smallest absolute Gasteiger partial charge is 0.200 e. The monoisotopic (exact) mass is 454 g/mol. The van der Waals surface area contributed by atoms with Crippen LogP contribution in [0.5, 0.6) is 11.5 Å². The number of fused-ring (bicyclic) bond motifs is 2. The van der Waals surface area contributed by atoms with Crippen molar-refractivity contribution < 1.29 is 13.9 Å². The third-order valence-electron chi connectivity index (χ3n) is 6.18. The van der Waals surface area contributed by atoms with Gasteiger partial charge in [0.1, 0.15) is 22.7 Å². The molecule has 0 saturated carbocycles. The van der Waals surface area contributed by atoms with E-state index in [1.54, 1.807) is 12.1 Å². The predicted octanol–water partition coefficient (Wildman–Crippen LogP) is 5.17. The van der Waals surface area contributed by atoms with Crippen molar-refractivity contribution in [3.05, 3.63) is 46.6 Å². The molecule has 6 heteroatoms. The van der Waals surface area contributed by atoms with Gasteiger partial charge in [-0.25, -0.2) is 0 Å². The second kappa shape index (κ2) is 12.6. The van der Waals surface area contributed by atoms with Gasteiger partial charge in [0.05, 0.1) is 24.0 Å². The Labute approximate surface area is 197 Å². The Hall–Kier alpha value is -2.57. The average Bonchev–Trinajstić information content (AvgIpc) is 2.84. The van der Waals surface area contributed by atoms with Crippen molar-refractivity contribution in [2.45, 2.75) is 40.5 Å². The van der Waals surface area contributed by atoms with E-state index in [0.717, 1.165) is 52.1 Å². The first-order chi connectivity index (χ1) is 16.1. The highest BCUT2D eigenvalue weighted by Gasteiger charge is 2.10. The molecule has 0 amide bonds. The van der Waals surface area contributed by atoms with Crippen molar-refractivity contribution in [1.82, 2.24) is 9.80 Å². The van der Waals surface area contributed by atoms with Crippen LogP contribution >= 0.6 is 0 Å². The van der Waals surface area contributed by atoms with Crippen LogP contribution < -0.4 is 14.9 Å². The second-order valence-electron chi connectivity index (χ2n) is 8.20. The molecule has 0 bridgehead atoms. The van der Waals surface area contributed by atoms with Gasteiger partial charge in [-0.3, -0.25) is 4.79 Å². The topological polar surface area (TPSA) is 55.1 Å². The summed E-state index contributed by atoms with van der Waals surface area (Å²) in [6.07, 6.45) is 1.91. The van der Waals surface area contributed by atoms with Gasteiger partial charge in [-0.2, -0.15) is 0 Å². The lowest BCUT2D eigenvalue weighted by atomic mass is 10.1. The van der Waals surface area contributed by atoms with Crippen LogP contribution in [0.15, 0.2) is 45.6 Å². The Morgan fingerprint density at radius 1 is 0.697 bits per heavy atom. The molecule has 1 aromatic heterocycles. The number of hydrogen-bond donors (Lipinski definition) is 0. The van der Waals surface area contributed by atoms with Crippen molar-refractivity contribution >= 4 is 21.9 Å². The summed E-state index contributed by atoms with van der Waals surface area (Å²) in [6, 6.07) is 10.9. The number of ether oxygens (including phenoxy) is 2. The number of nitrogens with zero attached hydrogens (tertiary/aromatic N) is 2. The van der Waals surface area contributed by atoms with Gasteiger partial charge in [-0.05, 0) is 63.3 Å². The van der Waals surface area contributed by atoms with Gasteiger partial charge in [0.25, 0.3) is 0 Å². The van der Waals surface area contributed by atoms with Gasteiger partial charge in [0.2, 0.25) is 5.43 Å². The van der Waals surface area contributed by atoms with E-state index >= 15 is 0 Å². The SMILES string of the molecule is CCN(CC)CCCOc1ccc2c(=O)c3ccc(OCCCN(CC)CC)cc3oc2c1. The maximum absolute atomic E-state index is 13.0. The normalized spacial score (nSPS) is 11.7. The molecule has 3 aromatic rings. The molecule has 33 heavy (non-hydrogen) atoms. The first kappa shape index (κ1) is 25.1. The maximum atomic E-state index is 13.0. The molecule has 0 aliphatic heterocycles. The van der Waals surface area contributed by atoms with Crippen LogP contribution in [0.3, 0.4) is 0 Å². The van der Waals surface area contributed by atoms with Crippen molar-refractivity contribution in [1.29, 1.82) is 0 Å². The molecule has 0 spiro atoms. The highest BCUT2D eigenvalue weighted by atomic mass is 16.5. The summed E-state index contributed by atoms with van der Waals surface area (Å²) in [6.45, 7) is 16.2. The largest absolute Gasteiger partial charge is 0.493 e. The summed E-state index contributed by atoms with van der Waals surface area (Å²) in [5.41, 5.74) is 1.03. The van der Waals surface area contributed by atoms with Crippen molar-refractivity contribution in [3.63, 3.8) is 0 Å². The number of benzene rings is 2. The Morgan fingerprint density at radius 3 is 1.52 bits per heavy atom. The minimum absolute atomic E-state index is 0.0348. The van der Waals surface area contributed by atoms with Crippen LogP contribution in [0.1, 0.15) is 40.5 Å². The first-order valence-electron chi connectivity index (χ1n) is 12.3. The van der Waals surface area contributed by atoms with E-state index in [1.165, 1.54) is 0 Å². The standard InChI is InChI=1S/C27H38N2O4/c1-5-28(6-2)15-9-17-31-21-11-13-23-25(19-21)33-26-20-22(12-14-24(26)27(23)30)32-18-10-16-29(7-3)8-4/h11-14,19-20H,5-10,15-18H2,1-4H3. The summed E-state index contributed by atoms with van der Waals surface area (Å²) >= 11 is 0. The highest BCUT2D eigenvalue weighted by molar-refractivity contribution is 5.90. The zero-order valence-electron chi connectivity index (χ0n) is 20.6. The van der Waals surface area contributed by atoms with Gasteiger partial charge in [-0.15, -0.1) is 0 Å². The van der Waals surface area contributed by atoms with E-state index in [1.807, 2.05) is 24.3 Å². The van der Waals surface area contributed by atoms with Crippen LogP contribution in [-0.4, -0.2) is 62.3 Å². The van der Waals surface area contributed by atoms with E-state index in [9.17, 15) is 4.79 Å². The number of hydrogen-bond acceptors (Lipinski definition) is 6. The van der Waals surface area contributed by atoms with Gasteiger partial charge in [0, 0.05) is 25.2 Å². The molecular formula is C27H38N2O4. The Morgan fingerprint density at radius 2 is 1.12 bits per heavy atom. The molecule has 0 N–H and O–H groups in total. The molecule has 3 rings (SSSR count). The molecule has 1 heterocycles. The molecule has 180 valence electrons. The Kier molecular flexibility index (Phi) is 9.58. The van der Waals surface area contributed by atoms with Crippen molar-refractivity contribution in [3.8, 4) is 11.5 Å². The zero-order valence-corrected chi connectivity index (χ0v) is 20.6. The van der Waals surface area contributed by atoms with Crippen LogP contribution in [0.2, 0.25) is 0 Å². The number of rotatable bonds is 14. The minimum Gasteiger partial charge on any atom is -0.493 e. The lowest BCUT2D eigenvalue weighted by Crippen LogP contribution is -2.25. The van der Waals surface area contributed by atoms with E-state index in [-0.39, 0.29) is 5.43 Å². The van der Waals surface area contributed by atoms with Crippen molar-refractivity contribution in [2.75, 3.05) is 52.5 Å². The third-order valence-corrected chi connectivity index (χ3v) is 6.18. The molecule has 0 aliphatic rings. The molecule has 0 atom stereocenters. The van der Waals surface area contributed by atoms with Crippen LogP contribution in [-0.2, 0) is 0 Å². The first-order valence-corrected chi connectivity index (χ1v) is 12.3. The van der Waals surface area contributed by atoms with Crippen LogP contribution in [0, 0.1) is 0 Å². The summed E-state index contributed by atoms with van der Waals surface area (Å²) in [5.74, 6) is 1.43. The maximum Gasteiger partial charge on any atom is 0.200 e. The van der Waals surface area contributed by atoms with Crippen molar-refractivity contribution in [2.24, 2.45) is 0 Å². The third kappa shape index (κ3) is 6.71. The van der Waals surface area contributed by atoms with Gasteiger partial charge < -0.3 is 23.7 Å². The second-order valence-corrected chi connectivity index (χ2v) is 8.20. The quantitative estimate of drug-likeness (QED) is 0.247. The Bertz CT molecular complexity index is 990. The lowest BCUT2D eigenvalue weighted by Gasteiger charge is -2.17. The van der Waals surface area contributed by atoms with Gasteiger partial charge >= 0.3 is 0 Å². The molecule has 6 nitrogen and oxygen atoms in total. The molecular weight excluding hydrogens is 416 g/mol. The molecule has 0 unspecified atom stereocenters. The lowest BCUT2D eigenvalue weighted by molar-refractivity contribution is 0.249. The molecule has 0 fully saturated rings.